The predicted octanol–water partition coefficient (Wildman–Crippen LogP) is 2.93. The average molecular weight is 382 g/mol. The molecule has 1 saturated heterocycles. The zero-order valence-electron chi connectivity index (χ0n) is 15.2. The van der Waals surface area contributed by atoms with Gasteiger partial charge in [0.1, 0.15) is 11.6 Å². The third kappa shape index (κ3) is 3.59. The van der Waals surface area contributed by atoms with E-state index in [0.717, 1.165) is 5.56 Å². The third-order valence-corrected chi connectivity index (χ3v) is 4.71. The Labute approximate surface area is 160 Å². The molecular weight excluding hydrogens is 363 g/mol. The minimum absolute atomic E-state index is 0.129. The van der Waals surface area contributed by atoms with Crippen molar-refractivity contribution in [2.45, 2.75) is 18.8 Å². The molecule has 0 spiro atoms. The minimum atomic E-state index is -0.627. The SMILES string of the molecule is CC1(c2cc(NC(=O)Cc3ccc(-c4ccc(N)nc4F)cc3)no2)COC1. The summed E-state index contributed by atoms with van der Waals surface area (Å²) in [4.78, 5) is 15.9. The number of nitrogens with two attached hydrogens (primary N) is 1. The molecule has 2 aromatic heterocycles. The van der Waals surface area contributed by atoms with E-state index in [-0.39, 0.29) is 23.6 Å². The van der Waals surface area contributed by atoms with Crippen LogP contribution in [0.1, 0.15) is 18.2 Å². The lowest BCUT2D eigenvalue weighted by Gasteiger charge is -2.35. The van der Waals surface area contributed by atoms with Crippen LogP contribution in [0.2, 0.25) is 0 Å². The van der Waals surface area contributed by atoms with Gasteiger partial charge in [-0.1, -0.05) is 29.4 Å². The van der Waals surface area contributed by atoms with E-state index in [4.69, 9.17) is 15.0 Å². The molecule has 144 valence electrons. The molecule has 4 rings (SSSR count). The molecule has 0 saturated carbocycles. The van der Waals surface area contributed by atoms with Gasteiger partial charge in [-0.3, -0.25) is 4.79 Å². The van der Waals surface area contributed by atoms with Crippen molar-refractivity contribution in [3.05, 3.63) is 59.7 Å². The molecule has 3 N–H and O–H groups in total. The number of nitrogen functional groups attached to an aromatic ring is 1. The summed E-state index contributed by atoms with van der Waals surface area (Å²) in [5.41, 5.74) is 7.09. The summed E-state index contributed by atoms with van der Waals surface area (Å²) in [7, 11) is 0. The van der Waals surface area contributed by atoms with Gasteiger partial charge in [0.15, 0.2) is 5.82 Å². The van der Waals surface area contributed by atoms with Crippen molar-refractivity contribution in [3.63, 3.8) is 0 Å². The van der Waals surface area contributed by atoms with Crippen LogP contribution >= 0.6 is 0 Å². The van der Waals surface area contributed by atoms with Gasteiger partial charge in [0.2, 0.25) is 11.9 Å². The summed E-state index contributed by atoms with van der Waals surface area (Å²) >= 11 is 0. The normalized spacial score (nSPS) is 15.1. The molecule has 8 heteroatoms. The third-order valence-electron chi connectivity index (χ3n) is 4.71. The average Bonchev–Trinajstić information content (AvgIpc) is 3.09. The van der Waals surface area contributed by atoms with Crippen LogP contribution in [0.4, 0.5) is 16.0 Å². The quantitative estimate of drug-likeness (QED) is 0.658. The number of anilines is 2. The number of nitrogens with one attached hydrogen (secondary N) is 1. The molecule has 7 nitrogen and oxygen atoms in total. The maximum absolute atomic E-state index is 13.9. The number of benzene rings is 1. The van der Waals surface area contributed by atoms with E-state index in [1.165, 1.54) is 0 Å². The van der Waals surface area contributed by atoms with Crippen LogP contribution in [0.5, 0.6) is 0 Å². The molecule has 0 bridgehead atoms. The van der Waals surface area contributed by atoms with E-state index in [2.05, 4.69) is 15.5 Å². The van der Waals surface area contributed by atoms with Gasteiger partial charge in [-0.2, -0.15) is 4.39 Å². The fraction of sp³-hybridized carbons (Fsp3) is 0.250. The molecule has 1 aromatic carbocycles. The number of halogens is 1. The van der Waals surface area contributed by atoms with E-state index >= 15 is 0 Å². The number of nitrogens with zero attached hydrogens (tertiary/aromatic N) is 2. The number of rotatable bonds is 5. The van der Waals surface area contributed by atoms with Crippen molar-refractivity contribution in [1.82, 2.24) is 10.1 Å². The van der Waals surface area contributed by atoms with Gasteiger partial charge in [-0.15, -0.1) is 0 Å². The first kappa shape index (κ1) is 18.1. The van der Waals surface area contributed by atoms with Gasteiger partial charge in [0.25, 0.3) is 0 Å². The maximum Gasteiger partial charge on any atom is 0.230 e. The molecule has 3 heterocycles. The topological polar surface area (TPSA) is 103 Å². The Morgan fingerprint density at radius 3 is 2.64 bits per heavy atom. The highest BCUT2D eigenvalue weighted by molar-refractivity contribution is 5.91. The molecule has 28 heavy (non-hydrogen) atoms. The zero-order valence-corrected chi connectivity index (χ0v) is 15.2. The monoisotopic (exact) mass is 382 g/mol. The summed E-state index contributed by atoms with van der Waals surface area (Å²) < 4.78 is 24.4. The first-order valence-electron chi connectivity index (χ1n) is 8.79. The van der Waals surface area contributed by atoms with Crippen molar-refractivity contribution in [2.75, 3.05) is 24.3 Å². The van der Waals surface area contributed by atoms with Gasteiger partial charge in [0, 0.05) is 11.6 Å². The number of ether oxygens (including phenoxy) is 1. The second-order valence-electron chi connectivity index (χ2n) is 7.13. The fourth-order valence-corrected chi connectivity index (χ4v) is 3.01. The first-order valence-corrected chi connectivity index (χ1v) is 8.79. The van der Waals surface area contributed by atoms with Crippen LogP contribution in [0.25, 0.3) is 11.1 Å². The number of amides is 1. The van der Waals surface area contributed by atoms with Crippen LogP contribution in [0.15, 0.2) is 47.0 Å². The van der Waals surface area contributed by atoms with Gasteiger partial charge >= 0.3 is 0 Å². The summed E-state index contributed by atoms with van der Waals surface area (Å²) in [6.45, 7) is 3.17. The summed E-state index contributed by atoms with van der Waals surface area (Å²) in [6, 6.07) is 11.9. The van der Waals surface area contributed by atoms with Crippen LogP contribution in [0.3, 0.4) is 0 Å². The molecule has 0 atom stereocenters. The van der Waals surface area contributed by atoms with E-state index < -0.39 is 5.95 Å². The lowest BCUT2D eigenvalue weighted by Crippen LogP contribution is -2.43. The molecule has 1 amide bonds. The van der Waals surface area contributed by atoms with E-state index in [1.807, 2.05) is 6.92 Å². The Hall–Kier alpha value is -3.26. The van der Waals surface area contributed by atoms with Crippen molar-refractivity contribution < 1.29 is 18.4 Å². The van der Waals surface area contributed by atoms with Crippen LogP contribution in [0, 0.1) is 5.95 Å². The first-order chi connectivity index (χ1) is 13.4. The minimum Gasteiger partial charge on any atom is -0.384 e. The summed E-state index contributed by atoms with van der Waals surface area (Å²) in [5.74, 6) is 0.350. The van der Waals surface area contributed by atoms with Crippen molar-refractivity contribution >= 4 is 17.5 Å². The number of aromatic nitrogens is 2. The maximum atomic E-state index is 13.9. The number of hydrogen-bond acceptors (Lipinski definition) is 6. The highest BCUT2D eigenvalue weighted by Gasteiger charge is 2.39. The molecule has 1 fully saturated rings. The van der Waals surface area contributed by atoms with Gasteiger partial charge < -0.3 is 20.3 Å². The molecule has 0 aliphatic carbocycles. The Morgan fingerprint density at radius 2 is 2.00 bits per heavy atom. The van der Waals surface area contributed by atoms with Crippen molar-refractivity contribution in [3.8, 4) is 11.1 Å². The number of carbonyl (C=O) groups is 1. The number of carbonyl (C=O) groups excluding carboxylic acids is 1. The standard InChI is InChI=1S/C20H19FN4O3/c1-20(10-27-11-20)15-9-17(25-28-15)24-18(26)8-12-2-4-13(5-3-12)14-6-7-16(22)23-19(14)21/h2-7,9H,8,10-11H2,1H3,(H2,22,23)(H,24,25,26). The zero-order chi connectivity index (χ0) is 19.7. The molecule has 3 aromatic rings. The summed E-state index contributed by atoms with van der Waals surface area (Å²) in [6.07, 6.45) is 0.158. The lowest BCUT2D eigenvalue weighted by atomic mass is 9.86. The van der Waals surface area contributed by atoms with Crippen LogP contribution in [-0.2, 0) is 21.4 Å². The second kappa shape index (κ2) is 7.05. The highest BCUT2D eigenvalue weighted by atomic mass is 19.1. The molecular formula is C20H19FN4O3. The van der Waals surface area contributed by atoms with Crippen LogP contribution < -0.4 is 11.1 Å². The van der Waals surface area contributed by atoms with Gasteiger partial charge in [-0.05, 0) is 30.2 Å². The Bertz CT molecular complexity index is 1010. The smallest absolute Gasteiger partial charge is 0.230 e. The molecule has 0 unspecified atom stereocenters. The largest absolute Gasteiger partial charge is 0.384 e. The molecule has 1 aliphatic heterocycles. The van der Waals surface area contributed by atoms with Crippen LogP contribution in [-0.4, -0.2) is 29.3 Å². The van der Waals surface area contributed by atoms with Gasteiger partial charge in [0.05, 0.1) is 25.0 Å². The molecule has 0 radical (unpaired) electrons. The fourth-order valence-electron chi connectivity index (χ4n) is 3.01. The van der Waals surface area contributed by atoms with Gasteiger partial charge in [-0.25, -0.2) is 4.98 Å². The van der Waals surface area contributed by atoms with Crippen molar-refractivity contribution in [1.29, 1.82) is 0 Å². The Balaban J connectivity index is 1.39. The Morgan fingerprint density at radius 1 is 1.25 bits per heavy atom. The van der Waals surface area contributed by atoms with E-state index in [1.54, 1.807) is 42.5 Å². The lowest BCUT2D eigenvalue weighted by molar-refractivity contribution is -0.115. The summed E-state index contributed by atoms with van der Waals surface area (Å²) in [5, 5.41) is 6.62. The number of hydrogen-bond donors (Lipinski definition) is 2. The predicted molar refractivity (Wildman–Crippen MR) is 101 cm³/mol. The van der Waals surface area contributed by atoms with E-state index in [9.17, 15) is 9.18 Å². The molecule has 1 aliphatic rings. The van der Waals surface area contributed by atoms with E-state index in [0.29, 0.717) is 35.9 Å². The Kier molecular flexibility index (Phi) is 4.56. The second-order valence-corrected chi connectivity index (χ2v) is 7.13. The number of pyridine rings is 1. The highest BCUT2D eigenvalue weighted by Crippen LogP contribution is 2.32. The van der Waals surface area contributed by atoms with Crippen molar-refractivity contribution in [2.24, 2.45) is 0 Å².